The van der Waals surface area contributed by atoms with Gasteiger partial charge in [-0.15, -0.1) is 0 Å². The Morgan fingerprint density at radius 3 is 2.61 bits per heavy atom. The van der Waals surface area contributed by atoms with Gasteiger partial charge in [-0.1, -0.05) is 13.8 Å². The van der Waals surface area contributed by atoms with Crippen LogP contribution in [0.4, 0.5) is 0 Å². The Labute approximate surface area is 168 Å². The standard InChI is InChI=1S/C23H36O5/c1-14(24)28-20-12-23(3)15(11-19(20)27-13-26-4)5-6-16-17-7-8-21(25)22(17,2)10-9-18(16)23/h15-20H,5-13H2,1-4H3/t15-,16-,17-,18-,19-,20-,22-,23-/m0/s1. The molecule has 0 saturated heterocycles. The summed E-state index contributed by atoms with van der Waals surface area (Å²) >= 11 is 0. The zero-order valence-electron chi connectivity index (χ0n) is 17.9. The first-order valence-corrected chi connectivity index (χ1v) is 11.1. The van der Waals surface area contributed by atoms with Crippen molar-refractivity contribution in [3.8, 4) is 0 Å². The lowest BCUT2D eigenvalue weighted by molar-refractivity contribution is -0.203. The van der Waals surface area contributed by atoms with Crippen LogP contribution in [0.2, 0.25) is 0 Å². The van der Waals surface area contributed by atoms with Crippen molar-refractivity contribution < 1.29 is 23.8 Å². The molecule has 0 aromatic carbocycles. The lowest BCUT2D eigenvalue weighted by Gasteiger charge is -2.61. The van der Waals surface area contributed by atoms with Crippen LogP contribution < -0.4 is 0 Å². The van der Waals surface area contributed by atoms with Crippen molar-refractivity contribution in [2.45, 2.75) is 84.3 Å². The molecule has 28 heavy (non-hydrogen) atoms. The second-order valence-electron chi connectivity index (χ2n) is 10.3. The summed E-state index contributed by atoms with van der Waals surface area (Å²) in [5.41, 5.74) is 0.0708. The van der Waals surface area contributed by atoms with Gasteiger partial charge in [0.2, 0.25) is 0 Å². The van der Waals surface area contributed by atoms with Crippen molar-refractivity contribution in [2.75, 3.05) is 13.9 Å². The van der Waals surface area contributed by atoms with E-state index in [1.165, 1.54) is 19.8 Å². The summed E-state index contributed by atoms with van der Waals surface area (Å²) < 4.78 is 16.8. The number of esters is 1. The molecular formula is C23H36O5. The van der Waals surface area contributed by atoms with E-state index in [0.717, 1.165) is 38.5 Å². The Bertz CT molecular complexity index is 632. The average Bonchev–Trinajstić information content (AvgIpc) is 2.94. The normalized spacial score (nSPS) is 47.8. The molecule has 4 aliphatic rings. The zero-order valence-corrected chi connectivity index (χ0v) is 17.9. The van der Waals surface area contributed by atoms with Gasteiger partial charge in [0.15, 0.2) is 0 Å². The van der Waals surface area contributed by atoms with Crippen molar-refractivity contribution in [3.05, 3.63) is 0 Å². The van der Waals surface area contributed by atoms with Gasteiger partial charge in [0.05, 0.1) is 6.10 Å². The van der Waals surface area contributed by atoms with Crippen molar-refractivity contribution in [2.24, 2.45) is 34.5 Å². The summed E-state index contributed by atoms with van der Waals surface area (Å²) in [6.45, 7) is 6.38. The first-order valence-electron chi connectivity index (χ1n) is 11.1. The number of carbonyl (C=O) groups is 2. The molecule has 0 spiro atoms. The Kier molecular flexibility index (Phi) is 5.37. The van der Waals surface area contributed by atoms with Crippen LogP contribution in [0.15, 0.2) is 0 Å². The molecule has 4 fully saturated rings. The smallest absolute Gasteiger partial charge is 0.302 e. The molecule has 0 amide bonds. The average molecular weight is 393 g/mol. The number of hydrogen-bond donors (Lipinski definition) is 0. The predicted molar refractivity (Wildman–Crippen MR) is 104 cm³/mol. The molecule has 0 aromatic heterocycles. The maximum Gasteiger partial charge on any atom is 0.302 e. The molecule has 5 nitrogen and oxygen atoms in total. The number of ketones is 1. The fraction of sp³-hybridized carbons (Fsp3) is 0.913. The minimum Gasteiger partial charge on any atom is -0.460 e. The van der Waals surface area contributed by atoms with Gasteiger partial charge >= 0.3 is 5.97 Å². The monoisotopic (exact) mass is 392 g/mol. The SMILES string of the molecule is COCO[C@H]1C[C@@H]2CC[C@@H]3[C@H](CC[C@]4(C)C(=O)CC[C@@H]34)[C@@]2(C)C[C@@H]1OC(C)=O. The number of hydrogen-bond acceptors (Lipinski definition) is 5. The van der Waals surface area contributed by atoms with E-state index in [0.29, 0.717) is 29.5 Å². The molecule has 5 heteroatoms. The molecule has 0 N–H and O–H groups in total. The maximum atomic E-state index is 12.6. The molecule has 8 atom stereocenters. The summed E-state index contributed by atoms with van der Waals surface area (Å²) in [7, 11) is 1.63. The van der Waals surface area contributed by atoms with E-state index in [9.17, 15) is 9.59 Å². The van der Waals surface area contributed by atoms with E-state index in [1.807, 2.05) is 0 Å². The highest BCUT2D eigenvalue weighted by Crippen LogP contribution is 2.65. The first kappa shape index (κ1) is 20.3. The van der Waals surface area contributed by atoms with Gasteiger partial charge in [-0.3, -0.25) is 9.59 Å². The van der Waals surface area contributed by atoms with Crippen LogP contribution in [0.25, 0.3) is 0 Å². The lowest BCUT2D eigenvalue weighted by Crippen LogP contribution is -2.57. The highest BCUT2D eigenvalue weighted by Gasteiger charge is 2.61. The van der Waals surface area contributed by atoms with Gasteiger partial charge in [0, 0.05) is 25.9 Å². The van der Waals surface area contributed by atoms with Gasteiger partial charge in [0.25, 0.3) is 0 Å². The lowest BCUT2D eigenvalue weighted by atomic mass is 9.45. The first-order chi connectivity index (χ1) is 13.3. The Balaban J connectivity index is 1.58. The van der Waals surface area contributed by atoms with Gasteiger partial charge in [0.1, 0.15) is 18.7 Å². The van der Waals surface area contributed by atoms with Crippen molar-refractivity contribution in [1.29, 1.82) is 0 Å². The van der Waals surface area contributed by atoms with Crippen LogP contribution in [0.5, 0.6) is 0 Å². The van der Waals surface area contributed by atoms with E-state index in [-0.39, 0.29) is 35.8 Å². The summed E-state index contributed by atoms with van der Waals surface area (Å²) in [4.78, 5) is 24.4. The molecular weight excluding hydrogens is 356 g/mol. The molecule has 0 heterocycles. The number of ether oxygens (including phenoxy) is 3. The minimum atomic E-state index is -0.233. The van der Waals surface area contributed by atoms with Crippen LogP contribution in [-0.4, -0.2) is 37.9 Å². The summed E-state index contributed by atoms with van der Waals surface area (Å²) in [6, 6.07) is 0. The van der Waals surface area contributed by atoms with E-state index in [1.54, 1.807) is 7.11 Å². The molecule has 0 aliphatic heterocycles. The number of Topliss-reactive ketones (excluding diaryl/α,β-unsaturated/α-hetero) is 1. The fourth-order valence-electron chi connectivity index (χ4n) is 7.67. The molecule has 0 unspecified atom stereocenters. The number of methoxy groups -OCH3 is 1. The number of carbonyl (C=O) groups excluding carboxylic acids is 2. The van der Waals surface area contributed by atoms with Crippen LogP contribution >= 0.6 is 0 Å². The Hall–Kier alpha value is -0.940. The highest BCUT2D eigenvalue weighted by atomic mass is 16.7. The third kappa shape index (κ3) is 3.13. The maximum absolute atomic E-state index is 12.6. The van der Waals surface area contributed by atoms with E-state index in [4.69, 9.17) is 14.2 Å². The molecule has 4 rings (SSSR count). The molecule has 4 aliphatic carbocycles. The number of fused-ring (bicyclic) bond motifs is 5. The molecule has 158 valence electrons. The van der Waals surface area contributed by atoms with Crippen LogP contribution in [0, 0.1) is 34.5 Å². The van der Waals surface area contributed by atoms with Crippen molar-refractivity contribution in [3.63, 3.8) is 0 Å². The highest BCUT2D eigenvalue weighted by molar-refractivity contribution is 5.87. The van der Waals surface area contributed by atoms with E-state index in [2.05, 4.69) is 13.8 Å². The molecule has 0 aromatic rings. The van der Waals surface area contributed by atoms with Gasteiger partial charge in [-0.2, -0.15) is 0 Å². The van der Waals surface area contributed by atoms with E-state index >= 15 is 0 Å². The van der Waals surface area contributed by atoms with Crippen molar-refractivity contribution in [1.82, 2.24) is 0 Å². The van der Waals surface area contributed by atoms with Crippen LogP contribution in [-0.2, 0) is 23.8 Å². The predicted octanol–water partition coefficient (Wildman–Crippen LogP) is 4.13. The summed E-state index contributed by atoms with van der Waals surface area (Å²) in [6.07, 6.45) is 7.94. The summed E-state index contributed by atoms with van der Waals surface area (Å²) in [5.74, 6) is 2.66. The summed E-state index contributed by atoms with van der Waals surface area (Å²) in [5, 5.41) is 0. The van der Waals surface area contributed by atoms with Crippen molar-refractivity contribution >= 4 is 11.8 Å². The topological polar surface area (TPSA) is 61.8 Å². The van der Waals surface area contributed by atoms with E-state index < -0.39 is 0 Å². The second kappa shape index (κ2) is 7.39. The third-order valence-electron chi connectivity index (χ3n) is 9.06. The van der Waals surface area contributed by atoms with Crippen LogP contribution in [0.3, 0.4) is 0 Å². The Morgan fingerprint density at radius 1 is 1.11 bits per heavy atom. The molecule has 4 saturated carbocycles. The molecule has 0 bridgehead atoms. The van der Waals surface area contributed by atoms with Gasteiger partial charge < -0.3 is 14.2 Å². The molecule has 0 radical (unpaired) electrons. The third-order valence-corrected chi connectivity index (χ3v) is 9.06. The van der Waals surface area contributed by atoms with Crippen LogP contribution in [0.1, 0.15) is 72.1 Å². The van der Waals surface area contributed by atoms with Gasteiger partial charge in [-0.05, 0) is 74.0 Å². The fourth-order valence-corrected chi connectivity index (χ4v) is 7.67. The number of rotatable bonds is 4. The minimum absolute atomic E-state index is 0.0830. The Morgan fingerprint density at radius 2 is 1.89 bits per heavy atom. The second-order valence-corrected chi connectivity index (χ2v) is 10.3. The van der Waals surface area contributed by atoms with Gasteiger partial charge in [-0.25, -0.2) is 0 Å². The zero-order chi connectivity index (χ0) is 20.1. The largest absolute Gasteiger partial charge is 0.460 e. The quantitative estimate of drug-likeness (QED) is 0.532.